The number of halogens is 1. The zero-order valence-electron chi connectivity index (χ0n) is 15.5. The van der Waals surface area contributed by atoms with Gasteiger partial charge in [0.1, 0.15) is 5.52 Å². The van der Waals surface area contributed by atoms with Crippen LogP contribution in [-0.4, -0.2) is 22.7 Å². The zero-order valence-corrected chi connectivity index (χ0v) is 17.1. The SMILES string of the molecule is C[C@@H](NC(=O)CSc1nc2cc(Cl)ccc2o1)C12CC3CC(CC(C3)C1)C2. The Morgan fingerprint density at radius 3 is 2.63 bits per heavy atom. The van der Waals surface area contributed by atoms with Crippen molar-refractivity contribution >= 4 is 40.4 Å². The number of rotatable bonds is 5. The molecule has 1 N–H and O–H groups in total. The molecule has 0 saturated heterocycles. The van der Waals surface area contributed by atoms with Gasteiger partial charge in [0.05, 0.1) is 5.75 Å². The van der Waals surface area contributed by atoms with Crippen molar-refractivity contribution in [3.63, 3.8) is 0 Å². The van der Waals surface area contributed by atoms with Crippen molar-refractivity contribution in [1.82, 2.24) is 10.3 Å². The first-order chi connectivity index (χ1) is 13.0. The lowest BCUT2D eigenvalue weighted by Crippen LogP contribution is -2.56. The van der Waals surface area contributed by atoms with E-state index in [1.165, 1.54) is 50.3 Å². The van der Waals surface area contributed by atoms with Crippen molar-refractivity contribution in [2.45, 2.75) is 56.7 Å². The molecule has 144 valence electrons. The van der Waals surface area contributed by atoms with Crippen molar-refractivity contribution in [2.24, 2.45) is 23.2 Å². The summed E-state index contributed by atoms with van der Waals surface area (Å²) in [5, 5.41) is 4.45. The van der Waals surface area contributed by atoms with Gasteiger partial charge in [-0.3, -0.25) is 4.79 Å². The Bertz CT molecular complexity index is 845. The number of carbonyl (C=O) groups excluding carboxylic acids is 1. The predicted octanol–water partition coefficient (Wildman–Crippen LogP) is 5.29. The van der Waals surface area contributed by atoms with E-state index in [0.717, 1.165) is 23.3 Å². The maximum absolute atomic E-state index is 12.6. The maximum Gasteiger partial charge on any atom is 0.257 e. The summed E-state index contributed by atoms with van der Waals surface area (Å²) in [6.45, 7) is 2.22. The number of benzene rings is 1. The highest BCUT2D eigenvalue weighted by atomic mass is 35.5. The summed E-state index contributed by atoms with van der Waals surface area (Å²) in [6, 6.07) is 5.62. The van der Waals surface area contributed by atoms with E-state index in [4.69, 9.17) is 16.0 Å². The quantitative estimate of drug-likeness (QED) is 0.687. The van der Waals surface area contributed by atoms with Crippen LogP contribution in [0.3, 0.4) is 0 Å². The number of aromatic nitrogens is 1. The third-order valence-corrected chi connectivity index (χ3v) is 8.10. The molecule has 1 aromatic carbocycles. The van der Waals surface area contributed by atoms with E-state index >= 15 is 0 Å². The normalized spacial score (nSPS) is 32.7. The molecular formula is C21H25ClN2O2S. The number of fused-ring (bicyclic) bond motifs is 1. The van der Waals surface area contributed by atoms with Gasteiger partial charge in [0.15, 0.2) is 5.58 Å². The van der Waals surface area contributed by atoms with Crippen LogP contribution >= 0.6 is 23.4 Å². The Morgan fingerprint density at radius 1 is 1.30 bits per heavy atom. The van der Waals surface area contributed by atoms with E-state index in [9.17, 15) is 4.79 Å². The predicted molar refractivity (Wildman–Crippen MR) is 108 cm³/mol. The monoisotopic (exact) mass is 404 g/mol. The fourth-order valence-electron chi connectivity index (χ4n) is 6.21. The first-order valence-electron chi connectivity index (χ1n) is 9.97. The van der Waals surface area contributed by atoms with Crippen LogP contribution < -0.4 is 5.32 Å². The van der Waals surface area contributed by atoms with Gasteiger partial charge >= 0.3 is 0 Å². The topological polar surface area (TPSA) is 55.1 Å². The number of nitrogens with zero attached hydrogens (tertiary/aromatic N) is 1. The second-order valence-corrected chi connectivity index (χ2v) is 10.3. The molecule has 0 spiro atoms. The van der Waals surface area contributed by atoms with Crippen LogP contribution in [0, 0.1) is 23.2 Å². The van der Waals surface area contributed by atoms with Crippen LogP contribution in [0.15, 0.2) is 27.8 Å². The average molecular weight is 405 g/mol. The molecule has 4 bridgehead atoms. The van der Waals surface area contributed by atoms with Crippen molar-refractivity contribution in [3.8, 4) is 0 Å². The highest BCUT2D eigenvalue weighted by Crippen LogP contribution is 2.61. The fraction of sp³-hybridized carbons (Fsp3) is 0.619. The number of hydrogen-bond donors (Lipinski definition) is 1. The van der Waals surface area contributed by atoms with E-state index in [1.807, 2.05) is 6.07 Å². The van der Waals surface area contributed by atoms with Crippen LogP contribution in [0.1, 0.15) is 45.4 Å². The minimum atomic E-state index is 0.0727. The molecule has 1 amide bonds. The molecule has 0 aliphatic heterocycles. The molecule has 4 saturated carbocycles. The number of hydrogen-bond acceptors (Lipinski definition) is 4. The summed E-state index contributed by atoms with van der Waals surface area (Å²) in [7, 11) is 0. The molecule has 2 aromatic rings. The van der Waals surface area contributed by atoms with Crippen molar-refractivity contribution in [2.75, 3.05) is 5.75 Å². The molecule has 0 unspecified atom stereocenters. The molecule has 0 radical (unpaired) electrons. The Kier molecular flexibility index (Phi) is 4.43. The molecule has 27 heavy (non-hydrogen) atoms. The Hall–Kier alpha value is -1.20. The Balaban J connectivity index is 1.20. The van der Waals surface area contributed by atoms with Crippen LogP contribution in [0.25, 0.3) is 11.1 Å². The summed E-state index contributed by atoms with van der Waals surface area (Å²) in [5.41, 5.74) is 1.76. The summed E-state index contributed by atoms with van der Waals surface area (Å²) in [5.74, 6) is 3.10. The van der Waals surface area contributed by atoms with E-state index in [2.05, 4.69) is 17.2 Å². The minimum Gasteiger partial charge on any atom is -0.431 e. The Labute approximate surface area is 168 Å². The largest absolute Gasteiger partial charge is 0.431 e. The van der Waals surface area contributed by atoms with Crippen molar-refractivity contribution in [1.29, 1.82) is 0 Å². The summed E-state index contributed by atoms with van der Waals surface area (Å²) in [4.78, 5) is 17.0. The van der Waals surface area contributed by atoms with Gasteiger partial charge in [0, 0.05) is 11.1 Å². The van der Waals surface area contributed by atoms with E-state index in [1.54, 1.807) is 12.1 Å². The average Bonchev–Trinajstić information content (AvgIpc) is 3.01. The smallest absolute Gasteiger partial charge is 0.257 e. The first-order valence-corrected chi connectivity index (χ1v) is 11.3. The molecule has 4 aliphatic carbocycles. The van der Waals surface area contributed by atoms with Gasteiger partial charge in [-0.2, -0.15) is 0 Å². The van der Waals surface area contributed by atoms with Gasteiger partial charge in [0.25, 0.3) is 5.22 Å². The third-order valence-electron chi connectivity index (χ3n) is 7.04. The molecule has 4 aliphatic rings. The number of nitrogens with one attached hydrogen (secondary N) is 1. The molecule has 4 nitrogen and oxygen atoms in total. The molecule has 1 atom stereocenters. The molecular weight excluding hydrogens is 380 g/mol. The van der Waals surface area contributed by atoms with E-state index < -0.39 is 0 Å². The van der Waals surface area contributed by atoms with Gasteiger partial charge in [-0.1, -0.05) is 23.4 Å². The van der Waals surface area contributed by atoms with Gasteiger partial charge in [-0.05, 0) is 86.8 Å². The molecule has 6 rings (SSSR count). The van der Waals surface area contributed by atoms with Crippen molar-refractivity contribution < 1.29 is 9.21 Å². The van der Waals surface area contributed by atoms with Crippen LogP contribution in [-0.2, 0) is 4.79 Å². The van der Waals surface area contributed by atoms with Crippen molar-refractivity contribution in [3.05, 3.63) is 23.2 Å². The second-order valence-electron chi connectivity index (χ2n) is 8.95. The Morgan fingerprint density at radius 2 is 1.96 bits per heavy atom. The first kappa shape index (κ1) is 17.9. The van der Waals surface area contributed by atoms with Gasteiger partial charge in [-0.25, -0.2) is 4.98 Å². The maximum atomic E-state index is 12.6. The van der Waals surface area contributed by atoms with Crippen LogP contribution in [0.4, 0.5) is 0 Å². The molecule has 1 aromatic heterocycles. The number of thioether (sulfide) groups is 1. The summed E-state index contributed by atoms with van der Waals surface area (Å²) < 4.78 is 5.69. The summed E-state index contributed by atoms with van der Waals surface area (Å²) in [6.07, 6.45) is 8.20. The lowest BCUT2D eigenvalue weighted by atomic mass is 9.48. The standard InChI is InChI=1S/C21H25ClN2O2S/c1-12(21-8-13-4-14(9-21)6-15(5-13)10-21)23-19(25)11-27-20-24-17-7-16(22)2-3-18(17)26-20/h2-3,7,12-15H,4-6,8-11H2,1H3,(H,23,25)/t12-,13?,14?,15?,21?/m1/s1. The number of carbonyl (C=O) groups is 1. The minimum absolute atomic E-state index is 0.0727. The highest BCUT2D eigenvalue weighted by molar-refractivity contribution is 7.99. The van der Waals surface area contributed by atoms with Crippen LogP contribution in [0.2, 0.25) is 5.02 Å². The van der Waals surface area contributed by atoms with E-state index in [0.29, 0.717) is 27.0 Å². The zero-order chi connectivity index (χ0) is 18.6. The highest BCUT2D eigenvalue weighted by Gasteiger charge is 2.53. The molecule has 4 fully saturated rings. The van der Waals surface area contributed by atoms with Gasteiger partial charge < -0.3 is 9.73 Å². The molecule has 6 heteroatoms. The molecule has 1 heterocycles. The van der Waals surface area contributed by atoms with Crippen LogP contribution in [0.5, 0.6) is 0 Å². The lowest BCUT2D eigenvalue weighted by molar-refractivity contribution is -0.123. The summed E-state index contributed by atoms with van der Waals surface area (Å²) >= 11 is 7.34. The second kappa shape index (κ2) is 6.70. The van der Waals surface area contributed by atoms with Gasteiger partial charge in [0.2, 0.25) is 5.91 Å². The van der Waals surface area contributed by atoms with E-state index in [-0.39, 0.29) is 11.9 Å². The number of oxazole rings is 1. The fourth-order valence-corrected chi connectivity index (χ4v) is 7.03. The third kappa shape index (κ3) is 3.38. The number of amides is 1. The lowest BCUT2D eigenvalue weighted by Gasteiger charge is -2.59. The van der Waals surface area contributed by atoms with Gasteiger partial charge in [-0.15, -0.1) is 0 Å².